The van der Waals surface area contributed by atoms with Gasteiger partial charge in [0.1, 0.15) is 0 Å². The highest BCUT2D eigenvalue weighted by Gasteiger charge is 2.34. The summed E-state index contributed by atoms with van der Waals surface area (Å²) in [7, 11) is 0. The second-order valence-electron chi connectivity index (χ2n) is 4.62. The first kappa shape index (κ1) is 10.4. The van der Waals surface area contributed by atoms with Gasteiger partial charge in [-0.2, -0.15) is 0 Å². The van der Waals surface area contributed by atoms with E-state index in [1.807, 2.05) is 0 Å². The molecule has 0 bridgehead atoms. The van der Waals surface area contributed by atoms with E-state index in [4.69, 9.17) is 10.5 Å². The van der Waals surface area contributed by atoms with Crippen LogP contribution in [-0.4, -0.2) is 42.8 Å². The van der Waals surface area contributed by atoms with Gasteiger partial charge >= 0.3 is 0 Å². The van der Waals surface area contributed by atoms with Gasteiger partial charge in [-0.05, 0) is 25.8 Å². The molecule has 82 valence electrons. The van der Waals surface area contributed by atoms with Gasteiger partial charge in [-0.1, -0.05) is 13.3 Å². The fourth-order valence-electron chi connectivity index (χ4n) is 2.62. The molecule has 0 aromatic rings. The van der Waals surface area contributed by atoms with Gasteiger partial charge in [-0.25, -0.2) is 0 Å². The van der Waals surface area contributed by atoms with Gasteiger partial charge < -0.3 is 10.5 Å². The normalized spacial score (nSPS) is 35.6. The van der Waals surface area contributed by atoms with Crippen LogP contribution in [0.4, 0.5) is 0 Å². The van der Waals surface area contributed by atoms with Crippen LogP contribution in [0.2, 0.25) is 0 Å². The molecule has 2 N–H and O–H groups in total. The van der Waals surface area contributed by atoms with Crippen molar-refractivity contribution in [2.75, 3.05) is 19.7 Å². The maximum atomic E-state index is 6.09. The summed E-state index contributed by atoms with van der Waals surface area (Å²) in [6.07, 6.45) is 5.18. The molecular formula is C11H22N2O. The molecule has 2 aliphatic heterocycles. The fourth-order valence-corrected chi connectivity index (χ4v) is 2.62. The second kappa shape index (κ2) is 4.60. The van der Waals surface area contributed by atoms with Crippen LogP contribution in [0.15, 0.2) is 0 Å². The van der Waals surface area contributed by atoms with Crippen molar-refractivity contribution in [3.05, 3.63) is 0 Å². The van der Waals surface area contributed by atoms with Crippen LogP contribution in [0.1, 0.15) is 32.6 Å². The quantitative estimate of drug-likeness (QED) is 0.734. The lowest BCUT2D eigenvalue weighted by molar-refractivity contribution is -0.0600. The van der Waals surface area contributed by atoms with E-state index in [0.29, 0.717) is 6.04 Å². The minimum Gasteiger partial charge on any atom is -0.374 e. The van der Waals surface area contributed by atoms with Gasteiger partial charge in [-0.15, -0.1) is 0 Å². The summed E-state index contributed by atoms with van der Waals surface area (Å²) in [6.45, 7) is 5.40. The number of ether oxygens (including phenoxy) is 1. The van der Waals surface area contributed by atoms with E-state index >= 15 is 0 Å². The van der Waals surface area contributed by atoms with Crippen molar-refractivity contribution in [2.45, 2.75) is 50.8 Å². The molecule has 0 radical (unpaired) electrons. The van der Waals surface area contributed by atoms with Gasteiger partial charge in [0.25, 0.3) is 0 Å². The molecule has 0 aromatic heterocycles. The van der Waals surface area contributed by atoms with Crippen molar-refractivity contribution in [3.8, 4) is 0 Å². The molecule has 0 aliphatic carbocycles. The number of hydrogen-bond donors (Lipinski definition) is 1. The molecule has 0 amide bonds. The minimum absolute atomic E-state index is 0.238. The largest absolute Gasteiger partial charge is 0.374 e. The first-order chi connectivity index (χ1) is 6.81. The molecule has 2 unspecified atom stereocenters. The zero-order chi connectivity index (χ0) is 9.97. The van der Waals surface area contributed by atoms with Gasteiger partial charge in [0.2, 0.25) is 0 Å². The number of morpholine rings is 1. The molecular weight excluding hydrogens is 176 g/mol. The predicted molar refractivity (Wildman–Crippen MR) is 57.2 cm³/mol. The zero-order valence-electron chi connectivity index (χ0n) is 9.11. The predicted octanol–water partition coefficient (Wildman–Crippen LogP) is 0.977. The number of nitrogens with zero attached hydrogens (tertiary/aromatic N) is 1. The summed E-state index contributed by atoms with van der Waals surface area (Å²) in [5, 5.41) is 0. The maximum Gasteiger partial charge on any atom is 0.0853 e. The molecule has 2 saturated heterocycles. The van der Waals surface area contributed by atoms with E-state index < -0.39 is 0 Å². The molecule has 14 heavy (non-hydrogen) atoms. The van der Waals surface area contributed by atoms with Crippen LogP contribution >= 0.6 is 0 Å². The maximum absolute atomic E-state index is 6.09. The van der Waals surface area contributed by atoms with E-state index in [2.05, 4.69) is 11.8 Å². The monoisotopic (exact) mass is 198 g/mol. The Bertz CT molecular complexity index is 186. The molecule has 2 fully saturated rings. The van der Waals surface area contributed by atoms with Crippen LogP contribution in [0.3, 0.4) is 0 Å². The zero-order valence-corrected chi connectivity index (χ0v) is 9.11. The Morgan fingerprint density at radius 2 is 2.43 bits per heavy atom. The van der Waals surface area contributed by atoms with Crippen LogP contribution in [0.25, 0.3) is 0 Å². The van der Waals surface area contributed by atoms with Crippen LogP contribution < -0.4 is 5.73 Å². The molecule has 0 saturated carbocycles. The van der Waals surface area contributed by atoms with E-state index in [0.717, 1.165) is 26.0 Å². The lowest BCUT2D eigenvalue weighted by Crippen LogP contribution is -2.52. The minimum atomic E-state index is 0.238. The van der Waals surface area contributed by atoms with Gasteiger partial charge in [-0.3, -0.25) is 4.90 Å². The first-order valence-electron chi connectivity index (χ1n) is 5.92. The topological polar surface area (TPSA) is 38.5 Å². The van der Waals surface area contributed by atoms with E-state index in [-0.39, 0.29) is 12.1 Å². The Morgan fingerprint density at radius 3 is 3.21 bits per heavy atom. The van der Waals surface area contributed by atoms with Crippen molar-refractivity contribution in [1.82, 2.24) is 4.90 Å². The van der Waals surface area contributed by atoms with Crippen LogP contribution in [-0.2, 0) is 4.74 Å². The van der Waals surface area contributed by atoms with Crippen molar-refractivity contribution in [3.63, 3.8) is 0 Å². The Hall–Kier alpha value is -0.120. The summed E-state index contributed by atoms with van der Waals surface area (Å²) in [4.78, 5) is 2.56. The average molecular weight is 198 g/mol. The summed E-state index contributed by atoms with van der Waals surface area (Å²) >= 11 is 0. The van der Waals surface area contributed by atoms with Crippen molar-refractivity contribution < 1.29 is 4.74 Å². The van der Waals surface area contributed by atoms with E-state index in [9.17, 15) is 0 Å². The summed E-state index contributed by atoms with van der Waals surface area (Å²) in [5.41, 5.74) is 6.09. The van der Waals surface area contributed by atoms with E-state index in [1.165, 1.54) is 19.4 Å². The third-order valence-corrected chi connectivity index (χ3v) is 3.52. The first-order valence-corrected chi connectivity index (χ1v) is 5.92. The summed E-state index contributed by atoms with van der Waals surface area (Å²) in [6, 6.07) is 0.932. The Morgan fingerprint density at radius 1 is 1.57 bits per heavy atom. The smallest absolute Gasteiger partial charge is 0.0853 e. The highest BCUT2D eigenvalue weighted by molar-refractivity contribution is 4.88. The molecule has 0 aromatic carbocycles. The Labute approximate surface area is 86.6 Å². The lowest BCUT2D eigenvalue weighted by Gasteiger charge is -2.37. The molecule has 3 nitrogen and oxygen atoms in total. The Kier molecular flexibility index (Phi) is 3.42. The summed E-state index contributed by atoms with van der Waals surface area (Å²) in [5.74, 6) is 0. The van der Waals surface area contributed by atoms with Gasteiger partial charge in [0.05, 0.1) is 12.7 Å². The number of hydrogen-bond acceptors (Lipinski definition) is 3. The lowest BCUT2D eigenvalue weighted by atomic mass is 10.0. The summed E-state index contributed by atoms with van der Waals surface area (Å²) < 4.78 is 5.84. The molecule has 2 aliphatic rings. The third kappa shape index (κ3) is 2.10. The van der Waals surface area contributed by atoms with Crippen molar-refractivity contribution >= 4 is 0 Å². The molecule has 2 heterocycles. The molecule has 3 atom stereocenters. The third-order valence-electron chi connectivity index (χ3n) is 3.52. The number of rotatable bonds is 3. The number of nitrogens with two attached hydrogens (primary N) is 1. The van der Waals surface area contributed by atoms with Crippen molar-refractivity contribution in [2.24, 2.45) is 5.73 Å². The van der Waals surface area contributed by atoms with Gasteiger partial charge in [0, 0.05) is 18.6 Å². The van der Waals surface area contributed by atoms with E-state index in [1.54, 1.807) is 0 Å². The van der Waals surface area contributed by atoms with Crippen LogP contribution in [0.5, 0.6) is 0 Å². The SMILES string of the molecule is CCC[C@@H](N)C1CN2CCCC2CO1. The second-order valence-corrected chi connectivity index (χ2v) is 4.62. The number of fused-ring (bicyclic) bond motifs is 1. The molecule has 3 heteroatoms. The van der Waals surface area contributed by atoms with Crippen LogP contribution in [0, 0.1) is 0 Å². The standard InChI is InChI=1S/C11H22N2O/c1-2-4-10(12)11-7-13-6-3-5-9(13)8-14-11/h9-11H,2-8,12H2,1H3/t9?,10-,11?/m1/s1. The fraction of sp³-hybridized carbons (Fsp3) is 1.00. The van der Waals surface area contributed by atoms with Crippen molar-refractivity contribution in [1.29, 1.82) is 0 Å². The average Bonchev–Trinajstić information content (AvgIpc) is 2.64. The molecule has 0 spiro atoms. The Balaban J connectivity index is 1.84. The van der Waals surface area contributed by atoms with Gasteiger partial charge in [0.15, 0.2) is 0 Å². The molecule has 2 rings (SSSR count). The highest BCUT2D eigenvalue weighted by Crippen LogP contribution is 2.24. The highest BCUT2D eigenvalue weighted by atomic mass is 16.5.